The zero-order valence-electron chi connectivity index (χ0n) is 10.4. The van der Waals surface area contributed by atoms with Crippen LogP contribution < -0.4 is 5.32 Å². The van der Waals surface area contributed by atoms with Crippen molar-refractivity contribution in [2.24, 2.45) is 0 Å². The first-order chi connectivity index (χ1) is 9.25. The number of anilines is 1. The van der Waals surface area contributed by atoms with Crippen LogP contribution in [0.3, 0.4) is 0 Å². The second-order valence-electron chi connectivity index (χ2n) is 4.28. The smallest absolute Gasteiger partial charge is 0.198 e. The van der Waals surface area contributed by atoms with Gasteiger partial charge in [-0.05, 0) is 18.6 Å². The molecule has 2 aromatic heterocycles. The number of hydrogen-bond donors (Lipinski definition) is 2. The number of H-pyrrole nitrogens is 1. The number of aryl methyl sites for hydroxylation is 1. The predicted octanol–water partition coefficient (Wildman–Crippen LogP) is 3.23. The number of nitrogens with zero attached hydrogens (tertiary/aromatic N) is 1. The van der Waals surface area contributed by atoms with Gasteiger partial charge in [-0.2, -0.15) is 0 Å². The van der Waals surface area contributed by atoms with Crippen molar-refractivity contribution in [3.63, 3.8) is 0 Å². The van der Waals surface area contributed by atoms with Gasteiger partial charge in [-0.3, -0.25) is 4.79 Å². The lowest BCUT2D eigenvalue weighted by molar-refractivity contribution is 0.100. The first kappa shape index (κ1) is 11.9. The highest BCUT2D eigenvalue weighted by atomic mass is 32.1. The van der Waals surface area contributed by atoms with Crippen LogP contribution in [0.5, 0.6) is 0 Å². The van der Waals surface area contributed by atoms with Gasteiger partial charge in [0.1, 0.15) is 0 Å². The van der Waals surface area contributed by atoms with Crippen molar-refractivity contribution in [2.45, 2.75) is 6.92 Å². The Bertz CT molecular complexity index is 715. The molecule has 0 fully saturated rings. The molecular weight excluding hydrogens is 258 g/mol. The van der Waals surface area contributed by atoms with Crippen molar-refractivity contribution < 1.29 is 4.79 Å². The number of carbonyl (C=O) groups excluding carboxylic acids is 1. The number of ketones is 1. The Morgan fingerprint density at radius 2 is 2.26 bits per heavy atom. The average molecular weight is 271 g/mol. The first-order valence-corrected chi connectivity index (χ1v) is 6.87. The molecule has 0 aliphatic carbocycles. The van der Waals surface area contributed by atoms with E-state index in [1.807, 2.05) is 36.6 Å². The van der Waals surface area contributed by atoms with Crippen LogP contribution in [0.2, 0.25) is 0 Å². The Hall–Kier alpha value is -2.14. The minimum atomic E-state index is 0.0453. The van der Waals surface area contributed by atoms with Gasteiger partial charge in [0.25, 0.3) is 0 Å². The quantitative estimate of drug-likeness (QED) is 0.716. The molecule has 0 atom stereocenters. The second kappa shape index (κ2) is 4.85. The largest absolute Gasteiger partial charge is 0.354 e. The van der Waals surface area contributed by atoms with Crippen LogP contribution in [0.25, 0.3) is 10.9 Å². The molecule has 96 valence electrons. The summed E-state index contributed by atoms with van der Waals surface area (Å²) in [5.41, 5.74) is 2.67. The Labute approximate surface area is 114 Å². The van der Waals surface area contributed by atoms with Crippen molar-refractivity contribution in [2.75, 3.05) is 11.9 Å². The fourth-order valence-electron chi connectivity index (χ4n) is 2.12. The molecule has 0 amide bonds. The van der Waals surface area contributed by atoms with Crippen molar-refractivity contribution >= 4 is 33.2 Å². The molecule has 4 nitrogen and oxygen atoms in total. The van der Waals surface area contributed by atoms with Gasteiger partial charge in [-0.25, -0.2) is 4.98 Å². The van der Waals surface area contributed by atoms with Gasteiger partial charge < -0.3 is 10.3 Å². The fraction of sp³-hybridized carbons (Fsp3) is 0.143. The molecule has 0 bridgehead atoms. The van der Waals surface area contributed by atoms with Gasteiger partial charge >= 0.3 is 0 Å². The van der Waals surface area contributed by atoms with Crippen LogP contribution in [0.4, 0.5) is 5.13 Å². The third-order valence-electron chi connectivity index (χ3n) is 3.08. The normalized spacial score (nSPS) is 10.8. The molecule has 3 aromatic rings. The lowest BCUT2D eigenvalue weighted by Crippen LogP contribution is -2.15. The van der Waals surface area contributed by atoms with Crippen molar-refractivity contribution in [3.05, 3.63) is 47.1 Å². The van der Waals surface area contributed by atoms with E-state index in [-0.39, 0.29) is 12.3 Å². The number of Topliss-reactive ketones (excluding diaryl/α,β-unsaturated/α-hetero) is 1. The molecule has 2 heterocycles. The molecule has 0 saturated heterocycles. The molecule has 3 rings (SSSR count). The van der Waals surface area contributed by atoms with E-state index >= 15 is 0 Å². The molecule has 0 spiro atoms. The van der Waals surface area contributed by atoms with Crippen LogP contribution in [0.1, 0.15) is 16.1 Å². The maximum atomic E-state index is 12.2. The van der Waals surface area contributed by atoms with Crippen LogP contribution in [-0.2, 0) is 0 Å². The van der Waals surface area contributed by atoms with Gasteiger partial charge in [0.15, 0.2) is 10.9 Å². The highest BCUT2D eigenvalue weighted by Gasteiger charge is 2.14. The number of aromatic nitrogens is 2. The van der Waals surface area contributed by atoms with E-state index in [0.29, 0.717) is 5.69 Å². The highest BCUT2D eigenvalue weighted by molar-refractivity contribution is 7.13. The van der Waals surface area contributed by atoms with E-state index < -0.39 is 0 Å². The highest BCUT2D eigenvalue weighted by Crippen LogP contribution is 2.21. The maximum absolute atomic E-state index is 12.2. The summed E-state index contributed by atoms with van der Waals surface area (Å²) in [5, 5.41) is 6.77. The molecule has 1 aromatic carbocycles. The molecule has 0 saturated carbocycles. The van der Waals surface area contributed by atoms with Gasteiger partial charge in [-0.15, -0.1) is 11.3 Å². The molecule has 5 heteroatoms. The SMILES string of the molecule is Cc1c(C(=O)CNc2nccs2)[nH]c2ccccc12. The molecular formula is C14H13N3OS. The molecule has 2 N–H and O–H groups in total. The van der Waals surface area contributed by atoms with E-state index in [1.54, 1.807) is 6.20 Å². The van der Waals surface area contributed by atoms with Crippen molar-refractivity contribution in [1.82, 2.24) is 9.97 Å². The van der Waals surface area contributed by atoms with Gasteiger partial charge in [0.05, 0.1) is 12.2 Å². The Kier molecular flexibility index (Phi) is 3.05. The second-order valence-corrected chi connectivity index (χ2v) is 5.18. The minimum absolute atomic E-state index is 0.0453. The number of benzene rings is 1. The Morgan fingerprint density at radius 3 is 3.00 bits per heavy atom. The number of aromatic amines is 1. The third kappa shape index (κ3) is 2.24. The van der Waals surface area contributed by atoms with Crippen LogP contribution in [-0.4, -0.2) is 22.3 Å². The summed E-state index contributed by atoms with van der Waals surface area (Å²) in [5.74, 6) is 0.0453. The number of nitrogens with one attached hydrogen (secondary N) is 2. The predicted molar refractivity (Wildman–Crippen MR) is 78.0 cm³/mol. The molecule has 0 aliphatic heterocycles. The molecule has 19 heavy (non-hydrogen) atoms. The fourth-order valence-corrected chi connectivity index (χ4v) is 2.64. The van der Waals surface area contributed by atoms with Crippen molar-refractivity contribution in [3.8, 4) is 0 Å². The summed E-state index contributed by atoms with van der Waals surface area (Å²) in [6.45, 7) is 2.22. The number of rotatable bonds is 4. The maximum Gasteiger partial charge on any atom is 0.198 e. The number of hydrogen-bond acceptors (Lipinski definition) is 4. The Morgan fingerprint density at radius 1 is 1.42 bits per heavy atom. The summed E-state index contributed by atoms with van der Waals surface area (Å²) < 4.78 is 0. The van der Waals surface area contributed by atoms with E-state index in [2.05, 4.69) is 15.3 Å². The van der Waals surface area contributed by atoms with E-state index in [4.69, 9.17) is 0 Å². The van der Waals surface area contributed by atoms with Gasteiger partial charge in [0.2, 0.25) is 0 Å². The van der Waals surface area contributed by atoms with E-state index in [1.165, 1.54) is 11.3 Å². The monoisotopic (exact) mass is 271 g/mol. The molecule has 0 aliphatic rings. The van der Waals surface area contributed by atoms with E-state index in [9.17, 15) is 4.79 Å². The summed E-state index contributed by atoms with van der Waals surface area (Å²) in [6, 6.07) is 7.94. The number of carbonyl (C=O) groups is 1. The van der Waals surface area contributed by atoms with E-state index in [0.717, 1.165) is 21.6 Å². The topological polar surface area (TPSA) is 57.8 Å². The zero-order valence-corrected chi connectivity index (χ0v) is 11.3. The number of fused-ring (bicyclic) bond motifs is 1. The van der Waals surface area contributed by atoms with Gasteiger partial charge in [0, 0.05) is 22.5 Å². The summed E-state index contributed by atoms with van der Waals surface area (Å²) >= 11 is 1.48. The van der Waals surface area contributed by atoms with Crippen LogP contribution in [0, 0.1) is 6.92 Å². The standard InChI is InChI=1S/C14H13N3OS/c1-9-10-4-2-3-5-11(10)17-13(9)12(18)8-16-14-15-6-7-19-14/h2-7,17H,8H2,1H3,(H,15,16). The average Bonchev–Trinajstić information content (AvgIpc) is 3.05. The lowest BCUT2D eigenvalue weighted by atomic mass is 10.1. The number of thiazole rings is 1. The molecule has 0 radical (unpaired) electrons. The summed E-state index contributed by atoms with van der Waals surface area (Å²) in [4.78, 5) is 19.5. The summed E-state index contributed by atoms with van der Waals surface area (Å²) in [7, 11) is 0. The summed E-state index contributed by atoms with van der Waals surface area (Å²) in [6.07, 6.45) is 1.71. The Balaban J connectivity index is 1.83. The minimum Gasteiger partial charge on any atom is -0.354 e. The zero-order chi connectivity index (χ0) is 13.2. The lowest BCUT2D eigenvalue weighted by Gasteiger charge is -2.01. The van der Waals surface area contributed by atoms with Crippen molar-refractivity contribution in [1.29, 1.82) is 0 Å². The van der Waals surface area contributed by atoms with Crippen LogP contribution >= 0.6 is 11.3 Å². The van der Waals surface area contributed by atoms with Crippen LogP contribution in [0.15, 0.2) is 35.8 Å². The molecule has 0 unspecified atom stereocenters. The first-order valence-electron chi connectivity index (χ1n) is 5.99. The third-order valence-corrected chi connectivity index (χ3v) is 3.81. The number of para-hydroxylation sites is 1. The van der Waals surface area contributed by atoms with Gasteiger partial charge in [-0.1, -0.05) is 18.2 Å².